The Morgan fingerprint density at radius 1 is 1.30 bits per heavy atom. The molecule has 1 saturated carbocycles. The van der Waals surface area contributed by atoms with E-state index in [1.165, 1.54) is 10.6 Å². The highest BCUT2D eigenvalue weighted by Gasteiger charge is 2.40. The summed E-state index contributed by atoms with van der Waals surface area (Å²) < 4.78 is 1.49. The Bertz CT molecular complexity index is 849. The molecular weight excluding hydrogens is 296 g/mol. The summed E-state index contributed by atoms with van der Waals surface area (Å²) in [6.45, 7) is 0. The summed E-state index contributed by atoms with van der Waals surface area (Å²) in [5.74, 6) is -1.32. The van der Waals surface area contributed by atoms with Crippen LogP contribution in [-0.2, 0) is 11.8 Å². The number of nitrogens with one attached hydrogen (secondary N) is 1. The summed E-state index contributed by atoms with van der Waals surface area (Å²) in [5, 5.41) is 12.6. The Kier molecular flexibility index (Phi) is 3.67. The Labute approximate surface area is 132 Å². The van der Waals surface area contributed by atoms with Crippen molar-refractivity contribution in [3.63, 3.8) is 0 Å². The van der Waals surface area contributed by atoms with E-state index in [0.717, 1.165) is 6.42 Å². The van der Waals surface area contributed by atoms with E-state index in [4.69, 9.17) is 5.11 Å². The van der Waals surface area contributed by atoms with Crippen molar-refractivity contribution in [3.8, 4) is 0 Å². The minimum absolute atomic E-state index is 0.0957. The predicted molar refractivity (Wildman–Crippen MR) is 85.5 cm³/mol. The lowest BCUT2D eigenvalue weighted by Gasteiger charge is -2.41. The molecule has 1 fully saturated rings. The first-order chi connectivity index (χ1) is 10.9. The van der Waals surface area contributed by atoms with Crippen molar-refractivity contribution >= 4 is 22.8 Å². The number of hydrogen-bond acceptors (Lipinski definition) is 3. The molecular formula is C17H18N2O4. The van der Waals surface area contributed by atoms with Crippen molar-refractivity contribution in [1.29, 1.82) is 0 Å². The van der Waals surface area contributed by atoms with Gasteiger partial charge in [-0.3, -0.25) is 14.4 Å². The van der Waals surface area contributed by atoms with E-state index in [-0.39, 0.29) is 17.9 Å². The van der Waals surface area contributed by atoms with Crippen LogP contribution in [0.25, 0.3) is 10.9 Å². The minimum atomic E-state index is -0.932. The van der Waals surface area contributed by atoms with Crippen molar-refractivity contribution < 1.29 is 14.7 Å². The van der Waals surface area contributed by atoms with Crippen LogP contribution in [0, 0.1) is 0 Å². The third-order valence-corrected chi connectivity index (χ3v) is 4.58. The number of para-hydroxylation sites is 1. The van der Waals surface area contributed by atoms with E-state index in [9.17, 15) is 14.4 Å². The highest BCUT2D eigenvalue weighted by molar-refractivity contribution is 6.06. The van der Waals surface area contributed by atoms with Crippen LogP contribution in [0.3, 0.4) is 0 Å². The molecule has 6 heteroatoms. The van der Waals surface area contributed by atoms with Gasteiger partial charge in [-0.2, -0.15) is 0 Å². The van der Waals surface area contributed by atoms with E-state index in [0.29, 0.717) is 29.3 Å². The zero-order valence-corrected chi connectivity index (χ0v) is 12.8. The van der Waals surface area contributed by atoms with Crippen molar-refractivity contribution in [2.24, 2.45) is 7.05 Å². The summed E-state index contributed by atoms with van der Waals surface area (Å²) in [4.78, 5) is 35.8. The zero-order valence-electron chi connectivity index (χ0n) is 12.8. The number of aromatic nitrogens is 1. The Hall–Kier alpha value is -2.63. The molecule has 0 atom stereocenters. The fourth-order valence-electron chi connectivity index (χ4n) is 3.15. The standard InChI is InChI=1S/C17H18N2O4/c1-19-13-6-3-2-5-11(13)12(9-14(19)20)16(23)18-17(7-4-8-17)10-15(21)22/h2-3,5-6,9H,4,7-8,10H2,1H3,(H,18,23)(H,21,22). The Morgan fingerprint density at radius 3 is 2.61 bits per heavy atom. The van der Waals surface area contributed by atoms with Crippen LogP contribution in [0.5, 0.6) is 0 Å². The summed E-state index contributed by atoms with van der Waals surface area (Å²) in [6, 6.07) is 8.49. The first kappa shape index (κ1) is 15.3. The summed E-state index contributed by atoms with van der Waals surface area (Å²) >= 11 is 0. The average Bonchev–Trinajstić information content (AvgIpc) is 2.48. The molecule has 2 aromatic rings. The Balaban J connectivity index is 2.00. The maximum Gasteiger partial charge on any atom is 0.305 e. The number of amides is 1. The van der Waals surface area contributed by atoms with E-state index in [1.807, 2.05) is 0 Å². The van der Waals surface area contributed by atoms with Gasteiger partial charge in [-0.05, 0) is 25.3 Å². The number of rotatable bonds is 4. The maximum atomic E-state index is 12.7. The lowest BCUT2D eigenvalue weighted by Crippen LogP contribution is -2.54. The van der Waals surface area contributed by atoms with Crippen LogP contribution in [0.2, 0.25) is 0 Å². The molecule has 0 unspecified atom stereocenters. The van der Waals surface area contributed by atoms with Crippen LogP contribution in [0.1, 0.15) is 36.0 Å². The lowest BCUT2D eigenvalue weighted by atomic mass is 9.74. The van der Waals surface area contributed by atoms with Gasteiger partial charge in [0.25, 0.3) is 11.5 Å². The van der Waals surface area contributed by atoms with Gasteiger partial charge in [0.15, 0.2) is 0 Å². The van der Waals surface area contributed by atoms with Crippen LogP contribution in [-0.4, -0.2) is 27.1 Å². The molecule has 0 saturated heterocycles. The molecule has 1 heterocycles. The van der Waals surface area contributed by atoms with Crippen molar-refractivity contribution in [1.82, 2.24) is 9.88 Å². The number of aliphatic carboxylic acids is 1. The summed E-state index contributed by atoms with van der Waals surface area (Å²) in [7, 11) is 1.66. The molecule has 2 N–H and O–H groups in total. The summed E-state index contributed by atoms with van der Waals surface area (Å²) in [6.07, 6.45) is 2.09. The molecule has 120 valence electrons. The van der Waals surface area contributed by atoms with Crippen LogP contribution < -0.4 is 10.9 Å². The normalized spacial score (nSPS) is 15.9. The smallest absolute Gasteiger partial charge is 0.305 e. The third-order valence-electron chi connectivity index (χ3n) is 4.58. The number of aryl methyl sites for hydroxylation is 1. The molecule has 3 rings (SSSR count). The molecule has 1 aliphatic carbocycles. The first-order valence-corrected chi connectivity index (χ1v) is 7.55. The van der Waals surface area contributed by atoms with E-state index in [1.54, 1.807) is 31.3 Å². The molecule has 1 aromatic carbocycles. The molecule has 0 spiro atoms. The van der Waals surface area contributed by atoms with Gasteiger partial charge < -0.3 is 15.0 Å². The highest BCUT2D eigenvalue weighted by Crippen LogP contribution is 2.35. The van der Waals surface area contributed by atoms with Crippen LogP contribution in [0.15, 0.2) is 35.1 Å². The number of benzene rings is 1. The number of pyridine rings is 1. The number of hydrogen-bond donors (Lipinski definition) is 2. The topological polar surface area (TPSA) is 88.4 Å². The van der Waals surface area contributed by atoms with Gasteiger partial charge in [0, 0.05) is 18.5 Å². The number of carbonyl (C=O) groups is 2. The van der Waals surface area contributed by atoms with Crippen molar-refractivity contribution in [3.05, 3.63) is 46.2 Å². The second-order valence-corrected chi connectivity index (χ2v) is 6.13. The van der Waals surface area contributed by atoms with Gasteiger partial charge >= 0.3 is 5.97 Å². The molecule has 1 aromatic heterocycles. The predicted octanol–water partition coefficient (Wildman–Crippen LogP) is 1.67. The molecule has 1 aliphatic rings. The number of carboxylic acids is 1. The van der Waals surface area contributed by atoms with E-state index >= 15 is 0 Å². The second kappa shape index (κ2) is 5.53. The molecule has 6 nitrogen and oxygen atoms in total. The Morgan fingerprint density at radius 2 is 2.00 bits per heavy atom. The molecule has 23 heavy (non-hydrogen) atoms. The minimum Gasteiger partial charge on any atom is -0.481 e. The van der Waals surface area contributed by atoms with Crippen LogP contribution >= 0.6 is 0 Å². The quantitative estimate of drug-likeness (QED) is 0.898. The van der Waals surface area contributed by atoms with E-state index in [2.05, 4.69) is 5.32 Å². The lowest BCUT2D eigenvalue weighted by molar-refractivity contribution is -0.139. The first-order valence-electron chi connectivity index (χ1n) is 7.55. The van der Waals surface area contributed by atoms with E-state index < -0.39 is 11.5 Å². The number of fused-ring (bicyclic) bond motifs is 1. The largest absolute Gasteiger partial charge is 0.481 e. The second-order valence-electron chi connectivity index (χ2n) is 6.13. The van der Waals surface area contributed by atoms with Gasteiger partial charge in [-0.25, -0.2) is 0 Å². The molecule has 1 amide bonds. The van der Waals surface area contributed by atoms with Gasteiger partial charge in [-0.1, -0.05) is 18.2 Å². The number of carbonyl (C=O) groups excluding carboxylic acids is 1. The zero-order chi connectivity index (χ0) is 16.6. The molecule has 0 radical (unpaired) electrons. The third kappa shape index (κ3) is 2.72. The number of carboxylic acid groups (broad SMARTS) is 1. The van der Waals surface area contributed by atoms with Crippen molar-refractivity contribution in [2.75, 3.05) is 0 Å². The average molecular weight is 314 g/mol. The fourth-order valence-corrected chi connectivity index (χ4v) is 3.15. The fraction of sp³-hybridized carbons (Fsp3) is 0.353. The summed E-state index contributed by atoms with van der Waals surface area (Å²) in [5.41, 5.74) is 0.00612. The molecule has 0 aliphatic heterocycles. The van der Waals surface area contributed by atoms with Crippen LogP contribution in [0.4, 0.5) is 0 Å². The van der Waals surface area contributed by atoms with Crippen molar-refractivity contribution in [2.45, 2.75) is 31.2 Å². The SMILES string of the molecule is Cn1c(=O)cc(C(=O)NC2(CC(=O)O)CCC2)c2ccccc21. The van der Waals surface area contributed by atoms with Gasteiger partial charge in [-0.15, -0.1) is 0 Å². The molecule has 0 bridgehead atoms. The van der Waals surface area contributed by atoms with Gasteiger partial charge in [0.2, 0.25) is 0 Å². The highest BCUT2D eigenvalue weighted by atomic mass is 16.4. The van der Waals surface area contributed by atoms with Gasteiger partial charge in [0.05, 0.1) is 23.0 Å². The number of nitrogens with zero attached hydrogens (tertiary/aromatic N) is 1. The van der Waals surface area contributed by atoms with Gasteiger partial charge in [0.1, 0.15) is 0 Å². The maximum absolute atomic E-state index is 12.7. The monoisotopic (exact) mass is 314 g/mol.